The molecule has 0 unspecified atom stereocenters. The van der Waals surface area contributed by atoms with Crippen LogP contribution in [0.2, 0.25) is 0 Å². The predicted octanol–water partition coefficient (Wildman–Crippen LogP) is 3.71. The average Bonchev–Trinajstić information content (AvgIpc) is 3.37. The molecular weight excluding hydrogens is 406 g/mol. The van der Waals surface area contributed by atoms with Gasteiger partial charge in [0.05, 0.1) is 11.4 Å². The van der Waals surface area contributed by atoms with Gasteiger partial charge in [0.15, 0.2) is 18.2 Å². The van der Waals surface area contributed by atoms with E-state index in [0.29, 0.717) is 39.9 Å². The number of imidazole rings is 1. The molecule has 0 radical (unpaired) electrons. The summed E-state index contributed by atoms with van der Waals surface area (Å²) in [4.78, 5) is 11.8. The Labute approximate surface area is 166 Å². The lowest BCUT2D eigenvalue weighted by Gasteiger charge is -2.11. The molecule has 3 heterocycles. The van der Waals surface area contributed by atoms with Crippen molar-refractivity contribution in [1.29, 1.82) is 0 Å². The molecule has 0 amide bonds. The first-order valence-electron chi connectivity index (χ1n) is 8.56. The number of aryl methyl sites for hydroxylation is 1. The van der Waals surface area contributed by atoms with Gasteiger partial charge < -0.3 is 9.72 Å². The van der Waals surface area contributed by atoms with Gasteiger partial charge in [-0.25, -0.2) is 9.37 Å². The smallest absolute Gasteiger partial charge is 0.422 e. The minimum atomic E-state index is -4.59. The molecule has 30 heavy (non-hydrogen) atoms. The second-order valence-electron chi connectivity index (χ2n) is 6.26. The summed E-state index contributed by atoms with van der Waals surface area (Å²) < 4.78 is 55.9. The zero-order valence-corrected chi connectivity index (χ0v) is 15.3. The molecule has 12 heteroatoms. The van der Waals surface area contributed by atoms with E-state index < -0.39 is 24.3 Å². The molecule has 8 nitrogen and oxygen atoms in total. The lowest BCUT2D eigenvalue weighted by atomic mass is 10.1. The van der Waals surface area contributed by atoms with Crippen molar-refractivity contribution >= 4 is 0 Å². The quantitative estimate of drug-likeness (QED) is 0.478. The minimum Gasteiger partial charge on any atom is -0.481 e. The molecule has 0 aliphatic heterocycles. The van der Waals surface area contributed by atoms with Gasteiger partial charge in [-0.1, -0.05) is 0 Å². The van der Waals surface area contributed by atoms with E-state index in [1.54, 1.807) is 19.1 Å². The Morgan fingerprint density at radius 3 is 2.67 bits per heavy atom. The number of halogens is 4. The van der Waals surface area contributed by atoms with Crippen LogP contribution in [0.25, 0.3) is 34.0 Å². The Bertz CT molecular complexity index is 1170. The van der Waals surface area contributed by atoms with E-state index in [9.17, 15) is 17.6 Å². The largest absolute Gasteiger partial charge is 0.481 e. The summed E-state index contributed by atoms with van der Waals surface area (Å²) in [7, 11) is 0. The van der Waals surface area contributed by atoms with Crippen LogP contribution >= 0.6 is 0 Å². The average molecular weight is 419 g/mol. The number of benzene rings is 1. The van der Waals surface area contributed by atoms with Crippen molar-refractivity contribution in [2.24, 2.45) is 0 Å². The molecule has 0 spiro atoms. The molecule has 3 aromatic heterocycles. The summed E-state index contributed by atoms with van der Waals surface area (Å²) >= 11 is 0. The number of rotatable bonds is 5. The van der Waals surface area contributed by atoms with Gasteiger partial charge >= 0.3 is 6.18 Å². The van der Waals surface area contributed by atoms with Gasteiger partial charge in [0.1, 0.15) is 11.5 Å². The fraction of sp³-hybridized carbons (Fsp3) is 0.167. The zero-order valence-electron chi connectivity index (χ0n) is 15.3. The first-order chi connectivity index (χ1) is 14.3. The summed E-state index contributed by atoms with van der Waals surface area (Å²) in [6, 6.07) is 7.00. The highest BCUT2D eigenvalue weighted by atomic mass is 19.4. The summed E-state index contributed by atoms with van der Waals surface area (Å²) in [5.74, 6) is -0.527. The number of nitrogens with one attached hydrogen (secondary N) is 2. The van der Waals surface area contributed by atoms with Crippen LogP contribution in [0.3, 0.4) is 0 Å². The number of ether oxygens (including phenoxy) is 1. The number of aromatic amines is 2. The summed E-state index contributed by atoms with van der Waals surface area (Å²) in [6.07, 6.45) is -3.05. The minimum absolute atomic E-state index is 0.358. The molecule has 1 aromatic carbocycles. The maximum absolute atomic E-state index is 13.9. The van der Waals surface area contributed by atoms with Crippen LogP contribution in [0.1, 0.15) is 5.82 Å². The van der Waals surface area contributed by atoms with Crippen LogP contribution in [0, 0.1) is 12.7 Å². The fourth-order valence-electron chi connectivity index (χ4n) is 2.80. The maximum Gasteiger partial charge on any atom is 0.422 e. The Morgan fingerprint density at radius 2 is 1.93 bits per heavy atom. The van der Waals surface area contributed by atoms with Crippen LogP contribution in [-0.2, 0) is 0 Å². The fourth-order valence-corrected chi connectivity index (χ4v) is 2.80. The van der Waals surface area contributed by atoms with Crippen molar-refractivity contribution in [2.75, 3.05) is 6.61 Å². The third-order valence-electron chi connectivity index (χ3n) is 4.04. The van der Waals surface area contributed by atoms with Crippen LogP contribution in [-0.4, -0.2) is 48.4 Å². The highest BCUT2D eigenvalue weighted by molar-refractivity contribution is 5.79. The third kappa shape index (κ3) is 4.11. The third-order valence-corrected chi connectivity index (χ3v) is 4.04. The molecule has 4 aromatic rings. The summed E-state index contributed by atoms with van der Waals surface area (Å²) in [5.41, 5.74) is 2.34. The molecule has 4 rings (SSSR count). The molecule has 154 valence electrons. The number of nitrogens with zero attached hydrogens (tertiary/aromatic N) is 5. The monoisotopic (exact) mass is 419 g/mol. The van der Waals surface area contributed by atoms with Gasteiger partial charge in [-0.3, -0.25) is 4.98 Å². The predicted molar refractivity (Wildman–Crippen MR) is 96.7 cm³/mol. The van der Waals surface area contributed by atoms with E-state index in [1.165, 1.54) is 18.3 Å². The van der Waals surface area contributed by atoms with E-state index in [4.69, 9.17) is 0 Å². The molecule has 0 bridgehead atoms. The number of H-pyrrole nitrogens is 2. The van der Waals surface area contributed by atoms with E-state index in [0.717, 1.165) is 6.07 Å². The number of tetrazole rings is 1. The Kier molecular flexibility index (Phi) is 4.90. The molecule has 0 saturated carbocycles. The van der Waals surface area contributed by atoms with Crippen LogP contribution < -0.4 is 4.74 Å². The van der Waals surface area contributed by atoms with Crippen LogP contribution in [0.4, 0.5) is 17.6 Å². The lowest BCUT2D eigenvalue weighted by Crippen LogP contribution is -2.19. The van der Waals surface area contributed by atoms with Crippen molar-refractivity contribution in [2.45, 2.75) is 13.1 Å². The van der Waals surface area contributed by atoms with Gasteiger partial charge in [-0.05, 0) is 42.5 Å². The first kappa shape index (κ1) is 19.5. The maximum atomic E-state index is 13.9. The van der Waals surface area contributed by atoms with E-state index >= 15 is 0 Å². The van der Waals surface area contributed by atoms with Crippen molar-refractivity contribution < 1.29 is 22.3 Å². The molecule has 0 atom stereocenters. The van der Waals surface area contributed by atoms with Gasteiger partial charge in [-0.15, -0.1) is 10.2 Å². The molecule has 0 saturated heterocycles. The second-order valence-corrected chi connectivity index (χ2v) is 6.26. The zero-order chi connectivity index (χ0) is 21.3. The molecule has 0 aliphatic carbocycles. The van der Waals surface area contributed by atoms with Crippen molar-refractivity contribution in [1.82, 2.24) is 35.6 Å². The number of hydrogen-bond acceptors (Lipinski definition) is 6. The SMILES string of the molecule is Cc1nc(-c2cc(-c3nn[nH]n3)ccn2)c(-c2ccc(F)c(OCC(F)(F)F)c2)[nH]1. The van der Waals surface area contributed by atoms with E-state index in [1.807, 2.05) is 0 Å². The molecular formula is C18H13F4N7O. The lowest BCUT2D eigenvalue weighted by molar-refractivity contribution is -0.153. The standard InChI is InChI=1S/C18H13F4N7O/c1-9-24-15(10-2-3-12(19)14(7-10)30-8-18(20,21)22)16(25-9)13-6-11(4-5-23-13)17-26-28-29-27-17/h2-7H,8H2,1H3,(H,24,25)(H,26,27,28,29). The number of hydrogen-bond donors (Lipinski definition) is 2. The van der Waals surface area contributed by atoms with Gasteiger partial charge in [0.25, 0.3) is 0 Å². The van der Waals surface area contributed by atoms with Gasteiger partial charge in [0, 0.05) is 17.3 Å². The topological polar surface area (TPSA) is 105 Å². The molecule has 0 aliphatic rings. The normalized spacial score (nSPS) is 11.6. The Hall–Kier alpha value is -3.83. The van der Waals surface area contributed by atoms with Crippen LogP contribution in [0.5, 0.6) is 5.75 Å². The van der Waals surface area contributed by atoms with E-state index in [-0.39, 0.29) is 0 Å². The highest BCUT2D eigenvalue weighted by Gasteiger charge is 2.29. The van der Waals surface area contributed by atoms with Crippen LogP contribution in [0.15, 0.2) is 36.5 Å². The number of aromatic nitrogens is 7. The first-order valence-corrected chi connectivity index (χ1v) is 8.56. The highest BCUT2D eigenvalue weighted by Crippen LogP contribution is 2.33. The Morgan fingerprint density at radius 1 is 1.10 bits per heavy atom. The van der Waals surface area contributed by atoms with Crippen molar-refractivity contribution in [3.63, 3.8) is 0 Å². The van der Waals surface area contributed by atoms with E-state index in [2.05, 4.69) is 40.3 Å². The summed E-state index contributed by atoms with van der Waals surface area (Å²) in [6.45, 7) is 0.108. The molecule has 0 fully saturated rings. The molecule has 2 N–H and O–H groups in total. The van der Waals surface area contributed by atoms with Crippen molar-refractivity contribution in [3.05, 3.63) is 48.2 Å². The second kappa shape index (κ2) is 7.54. The number of pyridine rings is 1. The van der Waals surface area contributed by atoms with Gasteiger partial charge in [0.2, 0.25) is 5.82 Å². The number of alkyl halides is 3. The summed E-state index contributed by atoms with van der Waals surface area (Å²) in [5, 5.41) is 13.7. The van der Waals surface area contributed by atoms with Crippen molar-refractivity contribution in [3.8, 4) is 39.8 Å². The van der Waals surface area contributed by atoms with Gasteiger partial charge in [-0.2, -0.15) is 18.4 Å². The Balaban J connectivity index is 1.74.